The Labute approximate surface area is 203 Å². The second kappa shape index (κ2) is 9.72. The molecule has 2 heterocycles. The van der Waals surface area contributed by atoms with Crippen molar-refractivity contribution < 1.29 is 9.53 Å². The number of hydrogen-bond acceptors (Lipinski definition) is 7. The van der Waals surface area contributed by atoms with E-state index in [0.717, 1.165) is 33.3 Å². The fraction of sp³-hybridized carbons (Fsp3) is 0.320. The van der Waals surface area contributed by atoms with Gasteiger partial charge in [-0.15, -0.1) is 5.10 Å². The van der Waals surface area contributed by atoms with Crippen LogP contribution in [-0.2, 0) is 11.3 Å². The van der Waals surface area contributed by atoms with Crippen LogP contribution in [0.4, 0.5) is 10.9 Å². The van der Waals surface area contributed by atoms with Crippen molar-refractivity contribution in [3.05, 3.63) is 60.2 Å². The van der Waals surface area contributed by atoms with Crippen molar-refractivity contribution in [3.63, 3.8) is 0 Å². The molecule has 2 aromatic heterocycles. The average Bonchev–Trinajstić information content (AvgIpc) is 3.37. The van der Waals surface area contributed by atoms with Crippen molar-refractivity contribution in [2.45, 2.75) is 32.9 Å². The quantitative estimate of drug-likeness (QED) is 0.390. The predicted octanol–water partition coefficient (Wildman–Crippen LogP) is 4.43. The van der Waals surface area contributed by atoms with Crippen LogP contribution in [0.2, 0.25) is 0 Å². The number of para-hydroxylation sites is 1. The number of anilines is 2. The van der Waals surface area contributed by atoms with Crippen molar-refractivity contribution >= 4 is 33.2 Å². The molecule has 0 unspecified atom stereocenters. The highest BCUT2D eigenvalue weighted by Gasteiger charge is 2.23. The van der Waals surface area contributed by atoms with Crippen molar-refractivity contribution in [1.82, 2.24) is 19.9 Å². The van der Waals surface area contributed by atoms with Gasteiger partial charge in [0.25, 0.3) is 0 Å². The first-order valence-corrected chi connectivity index (χ1v) is 11.9. The first-order valence-electron chi connectivity index (χ1n) is 11.1. The number of carbonyl (C=O) groups excluding carboxylic acids is 1. The number of nitrogens with zero attached hydrogens (tertiary/aromatic N) is 4. The van der Waals surface area contributed by atoms with Gasteiger partial charge in [0.15, 0.2) is 5.82 Å². The molecule has 0 aliphatic carbocycles. The zero-order chi connectivity index (χ0) is 24.3. The molecule has 8 nitrogen and oxygen atoms in total. The van der Waals surface area contributed by atoms with Crippen LogP contribution in [0.1, 0.15) is 26.3 Å². The first-order chi connectivity index (χ1) is 16.2. The summed E-state index contributed by atoms with van der Waals surface area (Å²) >= 11 is 1.45. The lowest BCUT2D eigenvalue weighted by Crippen LogP contribution is -2.35. The molecule has 178 valence electrons. The fourth-order valence-corrected chi connectivity index (χ4v) is 4.40. The molecule has 34 heavy (non-hydrogen) atoms. The lowest BCUT2D eigenvalue weighted by Gasteiger charge is -2.22. The summed E-state index contributed by atoms with van der Waals surface area (Å²) in [5.74, 6) is 1.50. The van der Waals surface area contributed by atoms with Gasteiger partial charge in [-0.1, -0.05) is 59.9 Å². The SMILES string of the molecule is COc1ccccc1CNC(=O)CN(C)c1nn2c(NC(C)(C)C)c(-c3ccccc3)nc2s1. The number of imidazole rings is 1. The molecule has 4 aromatic rings. The number of likely N-dealkylation sites (N-methyl/N-ethyl adjacent to an activating group) is 1. The van der Waals surface area contributed by atoms with Crippen LogP contribution in [0, 0.1) is 0 Å². The smallest absolute Gasteiger partial charge is 0.239 e. The van der Waals surface area contributed by atoms with Gasteiger partial charge in [0.1, 0.15) is 11.4 Å². The Bertz CT molecular complexity index is 1280. The highest BCUT2D eigenvalue weighted by molar-refractivity contribution is 7.20. The Hall–Kier alpha value is -3.59. The lowest BCUT2D eigenvalue weighted by molar-refractivity contribution is -0.119. The molecule has 1 amide bonds. The molecule has 2 N–H and O–H groups in total. The molecule has 9 heteroatoms. The van der Waals surface area contributed by atoms with Crippen molar-refractivity contribution in [2.75, 3.05) is 30.9 Å². The van der Waals surface area contributed by atoms with Crippen molar-refractivity contribution in [2.24, 2.45) is 0 Å². The maximum absolute atomic E-state index is 12.6. The van der Waals surface area contributed by atoms with E-state index in [1.54, 1.807) is 7.11 Å². The standard InChI is InChI=1S/C25H30N6O2S/c1-25(2,3)28-22-21(17-11-7-6-8-12-17)27-23-31(22)29-24(34-23)30(4)16-20(32)26-15-18-13-9-10-14-19(18)33-5/h6-14,28H,15-16H2,1-5H3,(H,26,32). The van der Waals surface area contributed by atoms with Gasteiger partial charge in [-0.25, -0.2) is 4.98 Å². The summed E-state index contributed by atoms with van der Waals surface area (Å²) < 4.78 is 7.18. The number of rotatable bonds is 8. The molecule has 0 spiro atoms. The van der Waals surface area contributed by atoms with Gasteiger partial charge in [0, 0.05) is 30.3 Å². The summed E-state index contributed by atoms with van der Waals surface area (Å²) in [6.45, 7) is 6.89. The number of carbonyl (C=O) groups is 1. The summed E-state index contributed by atoms with van der Waals surface area (Å²) in [6.07, 6.45) is 0. The number of nitrogens with one attached hydrogen (secondary N) is 2. The van der Waals surface area contributed by atoms with Crippen molar-refractivity contribution in [3.8, 4) is 17.0 Å². The highest BCUT2D eigenvalue weighted by atomic mass is 32.1. The third kappa shape index (κ3) is 5.31. The third-order valence-electron chi connectivity index (χ3n) is 5.11. The maximum Gasteiger partial charge on any atom is 0.239 e. The zero-order valence-electron chi connectivity index (χ0n) is 20.1. The van der Waals surface area contributed by atoms with Gasteiger partial charge < -0.3 is 20.3 Å². The Morgan fingerprint density at radius 1 is 1.12 bits per heavy atom. The lowest BCUT2D eigenvalue weighted by atomic mass is 10.1. The summed E-state index contributed by atoms with van der Waals surface area (Å²) in [4.78, 5) is 20.1. The topological polar surface area (TPSA) is 83.8 Å². The van der Waals surface area contributed by atoms with Gasteiger partial charge >= 0.3 is 0 Å². The third-order valence-corrected chi connectivity index (χ3v) is 6.13. The van der Waals surface area contributed by atoms with Crippen LogP contribution in [0.5, 0.6) is 5.75 Å². The Morgan fingerprint density at radius 3 is 2.53 bits per heavy atom. The van der Waals surface area contributed by atoms with Crippen LogP contribution in [0.25, 0.3) is 16.2 Å². The monoisotopic (exact) mass is 478 g/mol. The second-order valence-corrected chi connectivity index (χ2v) is 10.0. The molecule has 0 saturated heterocycles. The van der Waals surface area contributed by atoms with Gasteiger partial charge in [0.2, 0.25) is 16.0 Å². The van der Waals surface area contributed by atoms with Crippen LogP contribution in [-0.4, -0.2) is 46.7 Å². The Balaban J connectivity index is 1.52. The second-order valence-electron chi connectivity index (χ2n) is 9.07. The minimum absolute atomic E-state index is 0.0979. The maximum atomic E-state index is 12.6. The molecule has 0 atom stereocenters. The van der Waals surface area contributed by atoms with Crippen LogP contribution in [0.15, 0.2) is 54.6 Å². The van der Waals surface area contributed by atoms with Gasteiger partial charge in [-0.2, -0.15) is 4.52 Å². The molecular weight excluding hydrogens is 448 g/mol. The van der Waals surface area contributed by atoms with Gasteiger partial charge in [-0.05, 0) is 26.8 Å². The van der Waals surface area contributed by atoms with E-state index in [1.165, 1.54) is 11.3 Å². The number of methoxy groups -OCH3 is 1. The van der Waals surface area contributed by atoms with Crippen molar-refractivity contribution in [1.29, 1.82) is 0 Å². The number of ether oxygens (including phenoxy) is 1. The molecule has 0 fully saturated rings. The molecule has 0 radical (unpaired) electrons. The number of fused-ring (bicyclic) bond motifs is 1. The van der Waals surface area contributed by atoms with Gasteiger partial charge in [0.05, 0.1) is 13.7 Å². The number of amides is 1. The molecule has 2 aromatic carbocycles. The van der Waals surface area contributed by atoms with E-state index in [2.05, 4.69) is 31.4 Å². The summed E-state index contributed by atoms with van der Waals surface area (Å²) in [6, 6.07) is 17.7. The largest absolute Gasteiger partial charge is 0.496 e. The summed E-state index contributed by atoms with van der Waals surface area (Å²) in [7, 11) is 3.48. The predicted molar refractivity (Wildman–Crippen MR) is 138 cm³/mol. The summed E-state index contributed by atoms with van der Waals surface area (Å²) in [5.41, 5.74) is 2.64. The van der Waals surface area contributed by atoms with Crippen LogP contribution < -0.4 is 20.3 Å². The Kier molecular flexibility index (Phi) is 6.74. The number of benzene rings is 2. The fourth-order valence-electron chi connectivity index (χ4n) is 3.54. The average molecular weight is 479 g/mol. The molecule has 0 aliphatic rings. The molecular formula is C25H30N6O2S. The highest BCUT2D eigenvalue weighted by Crippen LogP contribution is 2.34. The molecule has 0 aliphatic heterocycles. The number of aromatic nitrogens is 3. The van der Waals surface area contributed by atoms with E-state index in [1.807, 2.05) is 71.1 Å². The van der Waals surface area contributed by atoms with E-state index < -0.39 is 0 Å². The number of hydrogen-bond donors (Lipinski definition) is 2. The van der Waals surface area contributed by atoms with Crippen LogP contribution in [0.3, 0.4) is 0 Å². The first kappa shape index (κ1) is 23.6. The minimum atomic E-state index is -0.173. The summed E-state index contributed by atoms with van der Waals surface area (Å²) in [5, 5.41) is 12.0. The zero-order valence-corrected chi connectivity index (χ0v) is 20.9. The van der Waals surface area contributed by atoms with E-state index in [4.69, 9.17) is 14.8 Å². The molecule has 4 rings (SSSR count). The van der Waals surface area contributed by atoms with Gasteiger partial charge in [-0.3, -0.25) is 4.79 Å². The van der Waals surface area contributed by atoms with Crippen LogP contribution >= 0.6 is 11.3 Å². The molecule has 0 saturated carbocycles. The Morgan fingerprint density at radius 2 is 1.82 bits per heavy atom. The molecule has 0 bridgehead atoms. The minimum Gasteiger partial charge on any atom is -0.496 e. The van der Waals surface area contributed by atoms with E-state index in [-0.39, 0.29) is 18.0 Å². The normalized spacial score (nSPS) is 11.4. The van der Waals surface area contributed by atoms with E-state index in [9.17, 15) is 4.79 Å². The van der Waals surface area contributed by atoms with E-state index in [0.29, 0.717) is 11.7 Å². The van der Waals surface area contributed by atoms with E-state index >= 15 is 0 Å².